The summed E-state index contributed by atoms with van der Waals surface area (Å²) in [7, 11) is 0. The van der Waals surface area contributed by atoms with E-state index in [9.17, 15) is 10.1 Å². The zero-order valence-electron chi connectivity index (χ0n) is 6.04. The molecule has 12 heavy (non-hydrogen) atoms. The molecule has 0 fully saturated rings. The second-order valence-electron chi connectivity index (χ2n) is 2.32. The van der Waals surface area contributed by atoms with Crippen molar-refractivity contribution in [1.82, 2.24) is 9.38 Å². The molecule has 0 spiro atoms. The Morgan fingerprint density at radius 2 is 2.25 bits per heavy atom. The summed E-state index contributed by atoms with van der Waals surface area (Å²) in [6, 6.07) is 4.87. The Hall–Kier alpha value is -1.91. The molecule has 0 atom stereocenters. The highest BCUT2D eigenvalue weighted by atomic mass is 16.6. The first-order valence-electron chi connectivity index (χ1n) is 3.35. The van der Waals surface area contributed by atoms with Gasteiger partial charge in [0.1, 0.15) is 0 Å². The van der Waals surface area contributed by atoms with Crippen LogP contribution < -0.4 is 0 Å². The molecule has 0 aliphatic rings. The third kappa shape index (κ3) is 0.914. The highest BCUT2D eigenvalue weighted by molar-refractivity contribution is 5.42. The molecular formula is C7H5N3O2. The maximum atomic E-state index is 10.3. The van der Waals surface area contributed by atoms with Crippen LogP contribution in [0.25, 0.3) is 5.65 Å². The summed E-state index contributed by atoms with van der Waals surface area (Å²) in [5.74, 6) is -0.124. The van der Waals surface area contributed by atoms with E-state index >= 15 is 0 Å². The minimum absolute atomic E-state index is 0.124. The van der Waals surface area contributed by atoms with Gasteiger partial charge in [-0.05, 0) is 16.0 Å². The topological polar surface area (TPSA) is 60.4 Å². The zero-order chi connectivity index (χ0) is 8.55. The molecule has 2 aromatic rings. The Balaban J connectivity index is 2.68. The molecule has 5 heteroatoms. The van der Waals surface area contributed by atoms with E-state index in [0.717, 1.165) is 0 Å². The molecule has 0 saturated carbocycles. The molecule has 0 bridgehead atoms. The maximum absolute atomic E-state index is 10.3. The van der Waals surface area contributed by atoms with Crippen molar-refractivity contribution in [3.05, 3.63) is 40.7 Å². The fraction of sp³-hybridized carbons (Fsp3) is 0. The van der Waals surface area contributed by atoms with Crippen molar-refractivity contribution in [2.45, 2.75) is 0 Å². The zero-order valence-corrected chi connectivity index (χ0v) is 6.04. The van der Waals surface area contributed by atoms with Gasteiger partial charge >= 0.3 is 5.82 Å². The number of hydrogen-bond donors (Lipinski definition) is 0. The number of hydrogen-bond acceptors (Lipinski definition) is 3. The van der Waals surface area contributed by atoms with Crippen molar-refractivity contribution >= 4 is 11.5 Å². The summed E-state index contributed by atoms with van der Waals surface area (Å²) < 4.78 is 1.72. The minimum Gasteiger partial charge on any atom is -0.358 e. The Kier molecular flexibility index (Phi) is 1.30. The predicted octanol–water partition coefficient (Wildman–Crippen LogP) is 1.24. The van der Waals surface area contributed by atoms with E-state index in [2.05, 4.69) is 4.98 Å². The number of fused-ring (bicyclic) bond motifs is 1. The molecule has 2 heterocycles. The van der Waals surface area contributed by atoms with Crippen molar-refractivity contribution in [3.8, 4) is 0 Å². The highest BCUT2D eigenvalue weighted by Crippen LogP contribution is 2.08. The smallest absolute Gasteiger partial charge is 0.358 e. The van der Waals surface area contributed by atoms with Gasteiger partial charge in [0.15, 0.2) is 0 Å². The van der Waals surface area contributed by atoms with E-state index in [4.69, 9.17) is 0 Å². The number of nitrogens with zero attached hydrogens (tertiary/aromatic N) is 3. The second-order valence-corrected chi connectivity index (χ2v) is 2.32. The average Bonchev–Trinajstić information content (AvgIpc) is 2.49. The molecule has 0 aromatic carbocycles. The number of rotatable bonds is 1. The van der Waals surface area contributed by atoms with Crippen LogP contribution in [0.15, 0.2) is 30.6 Å². The lowest BCUT2D eigenvalue weighted by molar-refractivity contribution is -0.389. The van der Waals surface area contributed by atoms with Crippen LogP contribution in [0.2, 0.25) is 0 Å². The van der Waals surface area contributed by atoms with Gasteiger partial charge in [0.05, 0.1) is 6.07 Å². The third-order valence-corrected chi connectivity index (χ3v) is 1.56. The lowest BCUT2D eigenvalue weighted by atomic mass is 10.5. The molecular weight excluding hydrogens is 158 g/mol. The van der Waals surface area contributed by atoms with Gasteiger partial charge in [-0.2, -0.15) is 0 Å². The van der Waals surface area contributed by atoms with Crippen LogP contribution in [0.4, 0.5) is 5.82 Å². The predicted molar refractivity (Wildman–Crippen MR) is 41.8 cm³/mol. The molecule has 0 unspecified atom stereocenters. The quantitative estimate of drug-likeness (QED) is 0.469. The lowest BCUT2D eigenvalue weighted by Gasteiger charge is -1.91. The first-order chi connectivity index (χ1) is 5.77. The number of nitro groups is 1. The van der Waals surface area contributed by atoms with E-state index in [0.29, 0.717) is 5.65 Å². The third-order valence-electron chi connectivity index (χ3n) is 1.56. The van der Waals surface area contributed by atoms with Crippen molar-refractivity contribution in [2.75, 3.05) is 0 Å². The van der Waals surface area contributed by atoms with Crippen molar-refractivity contribution in [3.63, 3.8) is 0 Å². The van der Waals surface area contributed by atoms with E-state index in [1.54, 1.807) is 28.9 Å². The van der Waals surface area contributed by atoms with Crippen molar-refractivity contribution in [1.29, 1.82) is 0 Å². The maximum Gasteiger partial charge on any atom is 0.367 e. The molecule has 60 valence electrons. The fourth-order valence-corrected chi connectivity index (χ4v) is 1.01. The van der Waals surface area contributed by atoms with Crippen LogP contribution in [-0.2, 0) is 0 Å². The second kappa shape index (κ2) is 2.30. The first kappa shape index (κ1) is 6.78. The summed E-state index contributed by atoms with van der Waals surface area (Å²) in [6.45, 7) is 0. The summed E-state index contributed by atoms with van der Waals surface area (Å²) in [5.41, 5.74) is 0.587. The molecule has 0 saturated heterocycles. The van der Waals surface area contributed by atoms with Crippen LogP contribution in [0.3, 0.4) is 0 Å². The fourth-order valence-electron chi connectivity index (χ4n) is 1.01. The minimum atomic E-state index is -0.507. The summed E-state index contributed by atoms with van der Waals surface area (Å²) in [6.07, 6.45) is 3.40. The van der Waals surface area contributed by atoms with Crippen LogP contribution >= 0.6 is 0 Å². The molecule has 0 aliphatic heterocycles. The standard InChI is InChI=1S/C7H5N3O2/c11-10(12)7-3-5-9-4-1-2-6(9)8-7/h1-5H. The van der Waals surface area contributed by atoms with Crippen LogP contribution in [0, 0.1) is 10.1 Å². The van der Waals surface area contributed by atoms with E-state index in [-0.39, 0.29) is 5.82 Å². The summed E-state index contributed by atoms with van der Waals surface area (Å²) >= 11 is 0. The van der Waals surface area contributed by atoms with Crippen LogP contribution in [0.5, 0.6) is 0 Å². The Morgan fingerprint density at radius 3 is 3.00 bits per heavy atom. The van der Waals surface area contributed by atoms with Gasteiger partial charge in [-0.15, -0.1) is 0 Å². The summed E-state index contributed by atoms with van der Waals surface area (Å²) in [4.78, 5) is 13.6. The summed E-state index contributed by atoms with van der Waals surface area (Å²) in [5, 5.41) is 10.3. The molecule has 0 amide bonds. The molecule has 5 nitrogen and oxygen atoms in total. The van der Waals surface area contributed by atoms with E-state index in [1.165, 1.54) is 6.07 Å². The molecule has 0 radical (unpaired) electrons. The van der Waals surface area contributed by atoms with Gasteiger partial charge in [0.2, 0.25) is 0 Å². The van der Waals surface area contributed by atoms with Gasteiger partial charge in [0.25, 0.3) is 5.65 Å². The average molecular weight is 163 g/mol. The van der Waals surface area contributed by atoms with Crippen molar-refractivity contribution < 1.29 is 4.92 Å². The van der Waals surface area contributed by atoms with E-state index in [1.807, 2.05) is 0 Å². The molecule has 0 aliphatic carbocycles. The van der Waals surface area contributed by atoms with Gasteiger partial charge in [-0.3, -0.25) is 4.40 Å². The van der Waals surface area contributed by atoms with Crippen molar-refractivity contribution in [2.24, 2.45) is 0 Å². The Labute approximate surface area is 67.4 Å². The van der Waals surface area contributed by atoms with Crippen LogP contribution in [-0.4, -0.2) is 14.3 Å². The lowest BCUT2D eigenvalue weighted by Crippen LogP contribution is -1.93. The van der Waals surface area contributed by atoms with E-state index < -0.39 is 4.92 Å². The molecule has 0 N–H and O–H groups in total. The normalized spacial score (nSPS) is 10.3. The van der Waals surface area contributed by atoms with Crippen LogP contribution in [0.1, 0.15) is 0 Å². The van der Waals surface area contributed by atoms with Gasteiger partial charge in [0, 0.05) is 18.5 Å². The molecule has 2 aromatic heterocycles. The monoisotopic (exact) mass is 163 g/mol. The SMILES string of the molecule is O=[N+]([O-])c1ccn2cccc2n1. The number of aromatic nitrogens is 2. The van der Waals surface area contributed by atoms with Gasteiger partial charge < -0.3 is 10.1 Å². The molecule has 2 rings (SSSR count). The first-order valence-corrected chi connectivity index (χ1v) is 3.35. The largest absolute Gasteiger partial charge is 0.367 e. The Bertz CT molecular complexity index is 435. The van der Waals surface area contributed by atoms with Gasteiger partial charge in [-0.25, -0.2) is 0 Å². The highest BCUT2D eigenvalue weighted by Gasteiger charge is 2.07. The van der Waals surface area contributed by atoms with Gasteiger partial charge in [-0.1, -0.05) is 0 Å². The Morgan fingerprint density at radius 1 is 1.42 bits per heavy atom.